The highest BCUT2D eigenvalue weighted by Crippen LogP contribution is 2.30. The van der Waals surface area contributed by atoms with Crippen LogP contribution >= 0.6 is 11.3 Å². The fraction of sp³-hybridized carbons (Fsp3) is 0.438. The summed E-state index contributed by atoms with van der Waals surface area (Å²) in [7, 11) is 1.39. The summed E-state index contributed by atoms with van der Waals surface area (Å²) in [6, 6.07) is 3.71. The number of methoxy groups -OCH3 is 1. The Morgan fingerprint density at radius 3 is 3.00 bits per heavy atom. The summed E-state index contributed by atoms with van der Waals surface area (Å²) < 4.78 is 4.77. The third kappa shape index (κ3) is 2.97. The van der Waals surface area contributed by atoms with E-state index >= 15 is 0 Å². The largest absolute Gasteiger partial charge is 0.465 e. The van der Waals surface area contributed by atoms with Crippen molar-refractivity contribution < 1.29 is 9.53 Å². The van der Waals surface area contributed by atoms with Crippen LogP contribution in [0.15, 0.2) is 23.7 Å². The molecule has 3 heterocycles. The van der Waals surface area contributed by atoms with Gasteiger partial charge in [-0.25, -0.2) is 14.8 Å². The maximum absolute atomic E-state index is 11.6. The van der Waals surface area contributed by atoms with Gasteiger partial charge in [-0.3, -0.25) is 0 Å². The van der Waals surface area contributed by atoms with Gasteiger partial charge in [0.25, 0.3) is 0 Å². The van der Waals surface area contributed by atoms with E-state index in [0.29, 0.717) is 17.2 Å². The molecular formula is C16H19N3O2S. The van der Waals surface area contributed by atoms with Gasteiger partial charge in [0.15, 0.2) is 0 Å². The molecule has 22 heavy (non-hydrogen) atoms. The second kappa shape index (κ2) is 6.44. The van der Waals surface area contributed by atoms with Crippen LogP contribution in [0.1, 0.15) is 39.8 Å². The smallest absolute Gasteiger partial charge is 0.339 e. The van der Waals surface area contributed by atoms with Crippen molar-refractivity contribution in [1.29, 1.82) is 0 Å². The summed E-state index contributed by atoms with van der Waals surface area (Å²) in [5.41, 5.74) is 1.24. The number of carbonyl (C=O) groups is 1. The van der Waals surface area contributed by atoms with E-state index in [4.69, 9.17) is 4.74 Å². The Kier molecular flexibility index (Phi) is 4.38. The SMILES string of the molecule is COC(=O)c1ccc(N2CCC[C@H](c3nccs3)C2)nc1C. The molecule has 116 valence electrons. The molecule has 6 heteroatoms. The second-order valence-corrected chi connectivity index (χ2v) is 6.38. The van der Waals surface area contributed by atoms with E-state index in [1.165, 1.54) is 18.5 Å². The highest BCUT2D eigenvalue weighted by atomic mass is 32.1. The van der Waals surface area contributed by atoms with Crippen molar-refractivity contribution >= 4 is 23.1 Å². The third-order valence-corrected chi connectivity index (χ3v) is 4.96. The van der Waals surface area contributed by atoms with Crippen LogP contribution in [0.25, 0.3) is 0 Å². The van der Waals surface area contributed by atoms with Gasteiger partial charge in [-0.2, -0.15) is 0 Å². The average Bonchev–Trinajstić information content (AvgIpc) is 3.09. The van der Waals surface area contributed by atoms with Crippen molar-refractivity contribution in [3.63, 3.8) is 0 Å². The van der Waals surface area contributed by atoms with Gasteiger partial charge in [-0.15, -0.1) is 11.3 Å². The maximum atomic E-state index is 11.6. The number of aryl methyl sites for hydroxylation is 1. The molecule has 2 aromatic rings. The number of aromatic nitrogens is 2. The van der Waals surface area contributed by atoms with Crippen LogP contribution in [0, 0.1) is 6.92 Å². The van der Waals surface area contributed by atoms with E-state index in [2.05, 4.69) is 14.9 Å². The lowest BCUT2D eigenvalue weighted by Crippen LogP contribution is -2.35. The summed E-state index contributed by atoms with van der Waals surface area (Å²) in [4.78, 5) is 23.0. The predicted octanol–water partition coefficient (Wildman–Crippen LogP) is 3.02. The van der Waals surface area contributed by atoms with Crippen molar-refractivity contribution in [3.8, 4) is 0 Å². The molecule has 0 radical (unpaired) electrons. The number of esters is 1. The van der Waals surface area contributed by atoms with Crippen molar-refractivity contribution in [2.75, 3.05) is 25.1 Å². The van der Waals surface area contributed by atoms with Crippen molar-refractivity contribution in [2.24, 2.45) is 0 Å². The van der Waals surface area contributed by atoms with Crippen LogP contribution in [0.2, 0.25) is 0 Å². The lowest BCUT2D eigenvalue weighted by Gasteiger charge is -2.33. The minimum Gasteiger partial charge on any atom is -0.465 e. The van der Waals surface area contributed by atoms with Crippen molar-refractivity contribution in [1.82, 2.24) is 9.97 Å². The molecule has 0 spiro atoms. The number of pyridine rings is 1. The molecule has 0 unspecified atom stereocenters. The Morgan fingerprint density at radius 1 is 1.45 bits per heavy atom. The van der Waals surface area contributed by atoms with E-state index in [1.54, 1.807) is 17.4 Å². The Bertz CT molecular complexity index is 657. The van der Waals surface area contributed by atoms with Gasteiger partial charge in [0.1, 0.15) is 5.82 Å². The van der Waals surface area contributed by atoms with Crippen LogP contribution in [0.5, 0.6) is 0 Å². The molecule has 1 fully saturated rings. The molecule has 1 saturated heterocycles. The van der Waals surface area contributed by atoms with Crippen LogP contribution in [0.3, 0.4) is 0 Å². The summed E-state index contributed by atoms with van der Waals surface area (Å²) in [5, 5.41) is 3.23. The van der Waals surface area contributed by atoms with E-state index in [0.717, 1.165) is 25.3 Å². The molecule has 1 aliphatic heterocycles. The number of piperidine rings is 1. The zero-order valence-corrected chi connectivity index (χ0v) is 13.6. The number of rotatable bonds is 3. The highest BCUT2D eigenvalue weighted by molar-refractivity contribution is 7.09. The lowest BCUT2D eigenvalue weighted by atomic mass is 9.98. The monoisotopic (exact) mass is 317 g/mol. The number of ether oxygens (including phenoxy) is 1. The van der Waals surface area contributed by atoms with Crippen LogP contribution in [0.4, 0.5) is 5.82 Å². The number of hydrogen-bond donors (Lipinski definition) is 0. The lowest BCUT2D eigenvalue weighted by molar-refractivity contribution is 0.0599. The normalized spacial score (nSPS) is 18.3. The number of carbonyl (C=O) groups excluding carboxylic acids is 1. The standard InChI is InChI=1S/C16H19N3O2S/c1-11-13(16(20)21-2)5-6-14(18-11)19-8-3-4-12(10-19)15-17-7-9-22-15/h5-7,9,12H,3-4,8,10H2,1-2H3/t12-/m0/s1. The molecule has 0 saturated carbocycles. The molecule has 3 rings (SSSR count). The third-order valence-electron chi connectivity index (χ3n) is 4.02. The average molecular weight is 317 g/mol. The Labute approximate surface area is 134 Å². The highest BCUT2D eigenvalue weighted by Gasteiger charge is 2.24. The molecule has 0 aromatic carbocycles. The zero-order chi connectivity index (χ0) is 15.5. The number of thiazole rings is 1. The number of hydrogen-bond acceptors (Lipinski definition) is 6. The molecule has 0 amide bonds. The summed E-state index contributed by atoms with van der Waals surface area (Å²) in [6.45, 7) is 3.77. The Balaban J connectivity index is 1.79. The number of nitrogens with zero attached hydrogens (tertiary/aromatic N) is 3. The predicted molar refractivity (Wildman–Crippen MR) is 86.6 cm³/mol. The van der Waals surface area contributed by atoms with Crippen molar-refractivity contribution in [2.45, 2.75) is 25.7 Å². The van der Waals surface area contributed by atoms with Gasteiger partial charge >= 0.3 is 5.97 Å². The van der Waals surface area contributed by atoms with Gasteiger partial charge in [0.05, 0.1) is 23.4 Å². The fourth-order valence-electron chi connectivity index (χ4n) is 2.87. The second-order valence-electron chi connectivity index (χ2n) is 5.45. The van der Waals surface area contributed by atoms with Gasteiger partial charge in [-0.05, 0) is 31.9 Å². The van der Waals surface area contributed by atoms with E-state index in [1.807, 2.05) is 24.6 Å². The van der Waals surface area contributed by atoms with Crippen LogP contribution < -0.4 is 4.90 Å². The van der Waals surface area contributed by atoms with Gasteiger partial charge < -0.3 is 9.64 Å². The summed E-state index contributed by atoms with van der Waals surface area (Å²) in [6.07, 6.45) is 4.17. The fourth-order valence-corrected chi connectivity index (χ4v) is 3.64. The zero-order valence-electron chi connectivity index (χ0n) is 12.8. The molecule has 1 aliphatic rings. The molecule has 0 aliphatic carbocycles. The Hall–Kier alpha value is -1.95. The summed E-state index contributed by atoms with van der Waals surface area (Å²) >= 11 is 1.72. The minimum atomic E-state index is -0.337. The first-order valence-corrected chi connectivity index (χ1v) is 8.27. The number of anilines is 1. The first-order chi connectivity index (χ1) is 10.7. The van der Waals surface area contributed by atoms with Crippen LogP contribution in [-0.4, -0.2) is 36.1 Å². The van der Waals surface area contributed by atoms with Gasteiger partial charge in [-0.1, -0.05) is 0 Å². The van der Waals surface area contributed by atoms with Crippen molar-refractivity contribution in [3.05, 3.63) is 40.0 Å². The molecule has 5 nitrogen and oxygen atoms in total. The van der Waals surface area contributed by atoms with Gasteiger partial charge in [0, 0.05) is 30.6 Å². The first-order valence-electron chi connectivity index (χ1n) is 7.39. The van der Waals surface area contributed by atoms with E-state index < -0.39 is 0 Å². The molecule has 2 aromatic heterocycles. The van der Waals surface area contributed by atoms with E-state index in [-0.39, 0.29) is 5.97 Å². The molecule has 0 N–H and O–H groups in total. The Morgan fingerprint density at radius 2 is 2.32 bits per heavy atom. The quantitative estimate of drug-likeness (QED) is 0.815. The topological polar surface area (TPSA) is 55.3 Å². The van der Waals surface area contributed by atoms with Crippen LogP contribution in [-0.2, 0) is 4.74 Å². The first kappa shape index (κ1) is 15.0. The maximum Gasteiger partial charge on any atom is 0.339 e. The molecular weight excluding hydrogens is 298 g/mol. The van der Waals surface area contributed by atoms with E-state index in [9.17, 15) is 4.79 Å². The minimum absolute atomic E-state index is 0.337. The molecule has 1 atom stereocenters. The summed E-state index contributed by atoms with van der Waals surface area (Å²) in [5.74, 6) is 1.05. The van der Waals surface area contributed by atoms with Gasteiger partial charge in [0.2, 0.25) is 0 Å². The molecule has 0 bridgehead atoms.